The Morgan fingerprint density at radius 2 is 2.24 bits per heavy atom. The Kier molecular flexibility index (Phi) is 4.70. The van der Waals surface area contributed by atoms with E-state index in [0.29, 0.717) is 0 Å². The van der Waals surface area contributed by atoms with Crippen LogP contribution in [0.1, 0.15) is 19.0 Å². The first-order valence-corrected chi connectivity index (χ1v) is 6.24. The van der Waals surface area contributed by atoms with Crippen LogP contribution in [0.4, 0.5) is 5.95 Å². The van der Waals surface area contributed by atoms with Crippen molar-refractivity contribution in [3.8, 4) is 0 Å². The predicted octanol–water partition coefficient (Wildman–Crippen LogP) is 1.13. The molecule has 2 heterocycles. The Labute approximate surface area is 102 Å². The summed E-state index contributed by atoms with van der Waals surface area (Å²) in [6.45, 7) is 7.56. The van der Waals surface area contributed by atoms with Gasteiger partial charge in [0, 0.05) is 32.4 Å². The molecule has 0 atom stereocenters. The fourth-order valence-corrected chi connectivity index (χ4v) is 1.79. The molecule has 0 amide bonds. The largest absolute Gasteiger partial charge is 0.379 e. The van der Waals surface area contributed by atoms with Gasteiger partial charge in [0.1, 0.15) is 0 Å². The number of rotatable bonds is 5. The first kappa shape index (κ1) is 12.3. The van der Waals surface area contributed by atoms with Crippen LogP contribution in [0, 0.1) is 0 Å². The van der Waals surface area contributed by atoms with Crippen LogP contribution >= 0.6 is 0 Å². The van der Waals surface area contributed by atoms with Crippen molar-refractivity contribution in [2.75, 3.05) is 38.2 Å². The molecule has 1 saturated heterocycles. The van der Waals surface area contributed by atoms with Gasteiger partial charge in [-0.25, -0.2) is 9.97 Å². The van der Waals surface area contributed by atoms with E-state index >= 15 is 0 Å². The minimum absolute atomic E-state index is 0.734. The van der Waals surface area contributed by atoms with E-state index < -0.39 is 0 Å². The molecule has 1 aliphatic rings. The molecule has 0 saturated carbocycles. The van der Waals surface area contributed by atoms with Crippen LogP contribution in [-0.2, 0) is 11.3 Å². The van der Waals surface area contributed by atoms with Gasteiger partial charge in [-0.3, -0.25) is 4.90 Å². The molecule has 0 aliphatic carbocycles. The van der Waals surface area contributed by atoms with Crippen LogP contribution < -0.4 is 5.32 Å². The van der Waals surface area contributed by atoms with Gasteiger partial charge in [-0.1, -0.05) is 6.92 Å². The lowest BCUT2D eigenvalue weighted by Gasteiger charge is -2.26. The Morgan fingerprint density at radius 1 is 1.41 bits per heavy atom. The lowest BCUT2D eigenvalue weighted by atomic mass is 10.3. The Hall–Kier alpha value is -1.20. The summed E-state index contributed by atoms with van der Waals surface area (Å²) in [6.07, 6.45) is 2.90. The van der Waals surface area contributed by atoms with Crippen LogP contribution in [0.15, 0.2) is 12.3 Å². The van der Waals surface area contributed by atoms with Crippen molar-refractivity contribution in [3.05, 3.63) is 18.0 Å². The lowest BCUT2D eigenvalue weighted by molar-refractivity contribution is 0.0336. The topological polar surface area (TPSA) is 50.3 Å². The Bertz CT molecular complexity index is 339. The van der Waals surface area contributed by atoms with Crippen molar-refractivity contribution < 1.29 is 4.74 Å². The summed E-state index contributed by atoms with van der Waals surface area (Å²) in [5, 5.41) is 3.21. The molecule has 5 nitrogen and oxygen atoms in total. The van der Waals surface area contributed by atoms with Crippen LogP contribution in [-0.4, -0.2) is 47.7 Å². The molecule has 0 aromatic carbocycles. The van der Waals surface area contributed by atoms with E-state index in [2.05, 4.69) is 27.1 Å². The maximum atomic E-state index is 5.33. The van der Waals surface area contributed by atoms with Crippen molar-refractivity contribution in [2.24, 2.45) is 0 Å². The van der Waals surface area contributed by atoms with Crippen molar-refractivity contribution in [1.82, 2.24) is 14.9 Å². The van der Waals surface area contributed by atoms with Gasteiger partial charge >= 0.3 is 0 Å². The molecule has 94 valence electrons. The fraction of sp³-hybridized carbons (Fsp3) is 0.667. The quantitative estimate of drug-likeness (QED) is 0.830. The number of nitrogens with zero attached hydrogens (tertiary/aromatic N) is 3. The van der Waals surface area contributed by atoms with E-state index in [4.69, 9.17) is 4.74 Å². The van der Waals surface area contributed by atoms with Gasteiger partial charge in [-0.2, -0.15) is 0 Å². The molecule has 5 heteroatoms. The highest BCUT2D eigenvalue weighted by molar-refractivity contribution is 5.24. The molecule has 1 aliphatic heterocycles. The third kappa shape index (κ3) is 3.94. The van der Waals surface area contributed by atoms with E-state index in [-0.39, 0.29) is 0 Å². The zero-order chi connectivity index (χ0) is 11.9. The van der Waals surface area contributed by atoms with Crippen molar-refractivity contribution >= 4 is 5.95 Å². The predicted molar refractivity (Wildman–Crippen MR) is 66.9 cm³/mol. The number of hydrogen-bond donors (Lipinski definition) is 1. The second-order valence-electron chi connectivity index (χ2n) is 4.19. The number of ether oxygens (including phenoxy) is 1. The van der Waals surface area contributed by atoms with Crippen LogP contribution in [0.5, 0.6) is 0 Å². The van der Waals surface area contributed by atoms with Crippen LogP contribution in [0.2, 0.25) is 0 Å². The third-order valence-electron chi connectivity index (χ3n) is 2.74. The highest BCUT2D eigenvalue weighted by Gasteiger charge is 2.11. The van der Waals surface area contributed by atoms with Gasteiger partial charge in [0.15, 0.2) is 0 Å². The summed E-state index contributed by atoms with van der Waals surface area (Å²) in [4.78, 5) is 11.1. The molecule has 1 aromatic rings. The smallest absolute Gasteiger partial charge is 0.222 e. The maximum Gasteiger partial charge on any atom is 0.222 e. The lowest BCUT2D eigenvalue weighted by Crippen LogP contribution is -2.35. The zero-order valence-corrected chi connectivity index (χ0v) is 10.4. The van der Waals surface area contributed by atoms with Gasteiger partial charge < -0.3 is 10.1 Å². The van der Waals surface area contributed by atoms with E-state index in [1.807, 2.05) is 12.3 Å². The molecular weight excluding hydrogens is 216 g/mol. The minimum atomic E-state index is 0.734. The molecule has 1 fully saturated rings. The average Bonchev–Trinajstić information content (AvgIpc) is 2.38. The van der Waals surface area contributed by atoms with E-state index in [9.17, 15) is 0 Å². The number of aromatic nitrogens is 2. The monoisotopic (exact) mass is 236 g/mol. The summed E-state index contributed by atoms with van der Waals surface area (Å²) < 4.78 is 5.33. The Morgan fingerprint density at radius 3 is 3.00 bits per heavy atom. The number of nitrogens with one attached hydrogen (secondary N) is 1. The zero-order valence-electron chi connectivity index (χ0n) is 10.4. The summed E-state index contributed by atoms with van der Waals surface area (Å²) in [5.74, 6) is 0.734. The standard InChI is InChI=1S/C12H20N4O/c1-2-4-13-12-14-5-3-11(15-12)10-16-6-8-17-9-7-16/h3,5H,2,4,6-10H2,1H3,(H,13,14,15). The Balaban J connectivity index is 1.90. The first-order chi connectivity index (χ1) is 8.38. The van der Waals surface area contributed by atoms with Crippen LogP contribution in [0.3, 0.4) is 0 Å². The number of hydrogen-bond acceptors (Lipinski definition) is 5. The van der Waals surface area contributed by atoms with Gasteiger partial charge in [-0.15, -0.1) is 0 Å². The second-order valence-corrected chi connectivity index (χ2v) is 4.19. The number of morpholine rings is 1. The maximum absolute atomic E-state index is 5.33. The first-order valence-electron chi connectivity index (χ1n) is 6.24. The third-order valence-corrected chi connectivity index (χ3v) is 2.74. The van der Waals surface area contributed by atoms with Crippen molar-refractivity contribution in [2.45, 2.75) is 19.9 Å². The van der Waals surface area contributed by atoms with Gasteiger partial charge in [0.05, 0.1) is 18.9 Å². The van der Waals surface area contributed by atoms with E-state index in [1.165, 1.54) is 0 Å². The van der Waals surface area contributed by atoms with Crippen molar-refractivity contribution in [3.63, 3.8) is 0 Å². The molecule has 1 N–H and O–H groups in total. The molecule has 0 spiro atoms. The summed E-state index contributed by atoms with van der Waals surface area (Å²) in [5.41, 5.74) is 1.07. The molecule has 17 heavy (non-hydrogen) atoms. The summed E-state index contributed by atoms with van der Waals surface area (Å²) in [6, 6.07) is 1.98. The normalized spacial score (nSPS) is 17.0. The van der Waals surface area contributed by atoms with Gasteiger partial charge in [0.25, 0.3) is 0 Å². The fourth-order valence-electron chi connectivity index (χ4n) is 1.79. The SMILES string of the molecule is CCCNc1nccc(CN2CCOCC2)n1. The molecule has 1 aromatic heterocycles. The highest BCUT2D eigenvalue weighted by Crippen LogP contribution is 2.06. The van der Waals surface area contributed by atoms with Gasteiger partial charge in [0.2, 0.25) is 5.95 Å². The second kappa shape index (κ2) is 6.51. The summed E-state index contributed by atoms with van der Waals surface area (Å²) >= 11 is 0. The summed E-state index contributed by atoms with van der Waals surface area (Å²) in [7, 11) is 0. The highest BCUT2D eigenvalue weighted by atomic mass is 16.5. The van der Waals surface area contributed by atoms with E-state index in [0.717, 1.165) is 57.5 Å². The molecule has 0 radical (unpaired) electrons. The molecule has 2 rings (SSSR count). The number of anilines is 1. The average molecular weight is 236 g/mol. The van der Waals surface area contributed by atoms with Crippen molar-refractivity contribution in [1.29, 1.82) is 0 Å². The molecular formula is C12H20N4O. The molecule has 0 bridgehead atoms. The van der Waals surface area contributed by atoms with E-state index in [1.54, 1.807) is 0 Å². The minimum Gasteiger partial charge on any atom is -0.379 e. The van der Waals surface area contributed by atoms with Gasteiger partial charge in [-0.05, 0) is 12.5 Å². The molecule has 0 unspecified atom stereocenters. The van der Waals surface area contributed by atoms with Crippen LogP contribution in [0.25, 0.3) is 0 Å².